The Balaban J connectivity index is 2.34. The molecular formula is C14H28N2O3. The number of aliphatic hydroxyl groups excluding tert-OH is 2. The van der Waals surface area contributed by atoms with E-state index in [9.17, 15) is 4.79 Å². The summed E-state index contributed by atoms with van der Waals surface area (Å²) in [6.07, 6.45) is 5.58. The number of nitrogens with one attached hydrogen (secondary N) is 2. The lowest BCUT2D eigenvalue weighted by Crippen LogP contribution is -2.48. The SMILES string of the molecule is CC(C)[C@H]1CCC[C@H](NC(=O)NC(CO)CO)CC1. The first-order valence-electron chi connectivity index (χ1n) is 7.35. The van der Waals surface area contributed by atoms with E-state index in [1.165, 1.54) is 6.42 Å². The highest BCUT2D eigenvalue weighted by Gasteiger charge is 2.22. The second-order valence-electron chi connectivity index (χ2n) is 5.89. The molecule has 1 saturated carbocycles. The summed E-state index contributed by atoms with van der Waals surface area (Å²) < 4.78 is 0. The van der Waals surface area contributed by atoms with E-state index in [1.54, 1.807) is 0 Å². The maximum absolute atomic E-state index is 11.7. The molecule has 0 unspecified atom stereocenters. The summed E-state index contributed by atoms with van der Waals surface area (Å²) in [4.78, 5) is 11.7. The van der Waals surface area contributed by atoms with Crippen LogP contribution in [-0.2, 0) is 0 Å². The van der Waals surface area contributed by atoms with Crippen molar-refractivity contribution in [1.29, 1.82) is 0 Å². The third kappa shape index (κ3) is 5.78. The number of carbonyl (C=O) groups excluding carboxylic acids is 1. The van der Waals surface area contributed by atoms with Crippen LogP contribution in [0.1, 0.15) is 46.0 Å². The van der Waals surface area contributed by atoms with E-state index in [0.717, 1.165) is 31.6 Å². The number of amides is 2. The Morgan fingerprint density at radius 3 is 2.42 bits per heavy atom. The smallest absolute Gasteiger partial charge is 0.315 e. The van der Waals surface area contributed by atoms with Crippen molar-refractivity contribution in [2.24, 2.45) is 11.8 Å². The summed E-state index contributed by atoms with van der Waals surface area (Å²) >= 11 is 0. The van der Waals surface area contributed by atoms with E-state index in [-0.39, 0.29) is 25.3 Å². The molecule has 5 nitrogen and oxygen atoms in total. The van der Waals surface area contributed by atoms with E-state index < -0.39 is 6.04 Å². The number of urea groups is 1. The maximum atomic E-state index is 11.7. The average molecular weight is 272 g/mol. The van der Waals surface area contributed by atoms with E-state index >= 15 is 0 Å². The third-order valence-electron chi connectivity index (χ3n) is 4.07. The Morgan fingerprint density at radius 2 is 1.84 bits per heavy atom. The van der Waals surface area contributed by atoms with Crippen LogP contribution in [0.4, 0.5) is 4.79 Å². The van der Waals surface area contributed by atoms with E-state index in [0.29, 0.717) is 5.92 Å². The van der Waals surface area contributed by atoms with E-state index in [1.807, 2.05) is 0 Å². The minimum absolute atomic E-state index is 0.210. The molecule has 1 aliphatic rings. The molecule has 2 atom stereocenters. The predicted molar refractivity (Wildman–Crippen MR) is 74.8 cm³/mol. The number of rotatable bonds is 5. The Bertz CT molecular complexity index is 267. The molecule has 0 spiro atoms. The van der Waals surface area contributed by atoms with Gasteiger partial charge in [0.25, 0.3) is 0 Å². The summed E-state index contributed by atoms with van der Waals surface area (Å²) in [7, 11) is 0. The minimum atomic E-state index is -0.575. The van der Waals surface area contributed by atoms with Crippen molar-refractivity contribution in [2.45, 2.75) is 58.0 Å². The van der Waals surface area contributed by atoms with Crippen LogP contribution in [0.3, 0.4) is 0 Å². The Morgan fingerprint density at radius 1 is 1.16 bits per heavy atom. The van der Waals surface area contributed by atoms with Crippen molar-refractivity contribution in [1.82, 2.24) is 10.6 Å². The predicted octanol–water partition coefficient (Wildman–Crippen LogP) is 1.24. The molecule has 4 N–H and O–H groups in total. The highest BCUT2D eigenvalue weighted by Crippen LogP contribution is 2.28. The van der Waals surface area contributed by atoms with Gasteiger partial charge < -0.3 is 20.8 Å². The van der Waals surface area contributed by atoms with Gasteiger partial charge in [-0.1, -0.05) is 26.7 Å². The van der Waals surface area contributed by atoms with Crippen molar-refractivity contribution in [3.05, 3.63) is 0 Å². The van der Waals surface area contributed by atoms with Crippen LogP contribution in [0.25, 0.3) is 0 Å². The standard InChI is InChI=1S/C14H28N2O3/c1-10(2)11-4-3-5-12(7-6-11)15-14(19)16-13(8-17)9-18/h10-13,17-18H,3-9H2,1-2H3,(H2,15,16,19)/t11-,12-/m0/s1. The molecule has 0 heterocycles. The van der Waals surface area contributed by atoms with Gasteiger partial charge >= 0.3 is 6.03 Å². The maximum Gasteiger partial charge on any atom is 0.315 e. The molecule has 1 aliphatic carbocycles. The zero-order valence-corrected chi connectivity index (χ0v) is 12.1. The second kappa shape index (κ2) is 8.38. The van der Waals surface area contributed by atoms with Crippen molar-refractivity contribution >= 4 is 6.03 Å². The second-order valence-corrected chi connectivity index (χ2v) is 5.89. The van der Waals surface area contributed by atoms with Crippen LogP contribution >= 0.6 is 0 Å². The quantitative estimate of drug-likeness (QED) is 0.568. The molecule has 0 radical (unpaired) electrons. The number of hydrogen-bond acceptors (Lipinski definition) is 3. The van der Waals surface area contributed by atoms with Crippen molar-refractivity contribution < 1.29 is 15.0 Å². The summed E-state index contributed by atoms with van der Waals surface area (Å²) in [5.74, 6) is 1.47. The first-order chi connectivity index (χ1) is 9.06. The fraction of sp³-hybridized carbons (Fsp3) is 0.929. The van der Waals surface area contributed by atoms with Crippen LogP contribution in [0.5, 0.6) is 0 Å². The molecular weight excluding hydrogens is 244 g/mol. The van der Waals surface area contributed by atoms with E-state index in [4.69, 9.17) is 10.2 Å². The highest BCUT2D eigenvalue weighted by atomic mass is 16.3. The summed E-state index contributed by atoms with van der Waals surface area (Å²) in [5, 5.41) is 23.4. The minimum Gasteiger partial charge on any atom is -0.394 e. The first kappa shape index (κ1) is 16.2. The monoisotopic (exact) mass is 272 g/mol. The van der Waals surface area contributed by atoms with E-state index in [2.05, 4.69) is 24.5 Å². The fourth-order valence-corrected chi connectivity index (χ4v) is 2.70. The van der Waals surface area contributed by atoms with Crippen molar-refractivity contribution in [2.75, 3.05) is 13.2 Å². The van der Waals surface area contributed by atoms with Gasteiger partial charge in [0.2, 0.25) is 0 Å². The summed E-state index contributed by atoms with van der Waals surface area (Å²) in [6.45, 7) is 4.03. The molecule has 1 fully saturated rings. The number of hydrogen-bond donors (Lipinski definition) is 4. The van der Waals surface area contributed by atoms with Crippen molar-refractivity contribution in [3.8, 4) is 0 Å². The molecule has 0 aromatic carbocycles. The van der Waals surface area contributed by atoms with Gasteiger partial charge in [0, 0.05) is 6.04 Å². The third-order valence-corrected chi connectivity index (χ3v) is 4.07. The highest BCUT2D eigenvalue weighted by molar-refractivity contribution is 5.74. The molecule has 1 rings (SSSR count). The van der Waals surface area contributed by atoms with Gasteiger partial charge in [-0.25, -0.2) is 4.79 Å². The Labute approximate surface area is 115 Å². The molecule has 19 heavy (non-hydrogen) atoms. The number of aliphatic hydroxyl groups is 2. The lowest BCUT2D eigenvalue weighted by Gasteiger charge is -2.20. The lowest BCUT2D eigenvalue weighted by molar-refractivity contribution is 0.167. The van der Waals surface area contributed by atoms with Gasteiger partial charge in [0.15, 0.2) is 0 Å². The molecule has 0 bridgehead atoms. The normalized spacial score (nSPS) is 24.3. The fourth-order valence-electron chi connectivity index (χ4n) is 2.70. The zero-order valence-electron chi connectivity index (χ0n) is 12.1. The van der Waals surface area contributed by atoms with Crippen LogP contribution in [0.2, 0.25) is 0 Å². The van der Waals surface area contributed by atoms with Gasteiger partial charge in [-0.3, -0.25) is 0 Å². The van der Waals surface area contributed by atoms with Gasteiger partial charge in [-0.05, 0) is 31.1 Å². The van der Waals surface area contributed by atoms with Crippen LogP contribution in [0, 0.1) is 11.8 Å². The molecule has 2 amide bonds. The molecule has 0 saturated heterocycles. The van der Waals surface area contributed by atoms with Gasteiger partial charge in [0.05, 0.1) is 19.3 Å². The topological polar surface area (TPSA) is 81.6 Å². The first-order valence-corrected chi connectivity index (χ1v) is 7.35. The van der Waals surface area contributed by atoms with Crippen LogP contribution < -0.4 is 10.6 Å². The molecule has 112 valence electrons. The average Bonchev–Trinajstić information content (AvgIpc) is 2.61. The van der Waals surface area contributed by atoms with Gasteiger partial charge in [0.1, 0.15) is 0 Å². The zero-order chi connectivity index (χ0) is 14.3. The lowest BCUT2D eigenvalue weighted by atomic mass is 9.89. The summed E-state index contributed by atoms with van der Waals surface area (Å²) in [6, 6.07) is -0.655. The van der Waals surface area contributed by atoms with Crippen molar-refractivity contribution in [3.63, 3.8) is 0 Å². The molecule has 5 heteroatoms. The van der Waals surface area contributed by atoms with Gasteiger partial charge in [-0.15, -0.1) is 0 Å². The molecule has 0 aliphatic heterocycles. The Kier molecular flexibility index (Phi) is 7.16. The van der Waals surface area contributed by atoms with Crippen LogP contribution in [0.15, 0.2) is 0 Å². The summed E-state index contributed by atoms with van der Waals surface area (Å²) in [5.41, 5.74) is 0. The largest absolute Gasteiger partial charge is 0.394 e. The molecule has 0 aromatic heterocycles. The Hall–Kier alpha value is -0.810. The molecule has 0 aromatic rings. The number of carbonyl (C=O) groups is 1. The van der Waals surface area contributed by atoms with Gasteiger partial charge in [-0.2, -0.15) is 0 Å². The van der Waals surface area contributed by atoms with Crippen LogP contribution in [-0.4, -0.2) is 41.5 Å².